The normalized spacial score (nSPS) is 26.2. The highest BCUT2D eigenvalue weighted by Gasteiger charge is 2.25. The van der Waals surface area contributed by atoms with E-state index in [-0.39, 0.29) is 6.10 Å². The van der Waals surface area contributed by atoms with Crippen molar-refractivity contribution in [3.8, 4) is 0 Å². The van der Waals surface area contributed by atoms with E-state index in [4.69, 9.17) is 0 Å². The molecule has 0 aliphatic carbocycles. The summed E-state index contributed by atoms with van der Waals surface area (Å²) in [7, 11) is 0. The van der Waals surface area contributed by atoms with E-state index in [0.29, 0.717) is 12.5 Å². The highest BCUT2D eigenvalue weighted by Crippen LogP contribution is 2.32. The number of hydrogen-bond acceptors (Lipinski definition) is 3. The van der Waals surface area contributed by atoms with E-state index in [2.05, 4.69) is 27.8 Å². The van der Waals surface area contributed by atoms with Crippen LogP contribution in [-0.2, 0) is 0 Å². The van der Waals surface area contributed by atoms with E-state index in [1.54, 1.807) is 6.92 Å². The van der Waals surface area contributed by atoms with Gasteiger partial charge in [0.2, 0.25) is 0 Å². The van der Waals surface area contributed by atoms with Gasteiger partial charge >= 0.3 is 0 Å². The molecule has 0 aromatic heterocycles. The fourth-order valence-electron chi connectivity index (χ4n) is 2.31. The van der Waals surface area contributed by atoms with E-state index in [0.717, 1.165) is 28.7 Å². The standard InChI is InChI=1S/C14H20BrNO2/c1-9-5-6-16(8-14(9)18)13-4-3-11(10(2)17)7-12(13)15/h3-4,7,9-10,14,17-18H,5-6,8H2,1-2H3/t9?,10-,14?/m1/s1. The summed E-state index contributed by atoms with van der Waals surface area (Å²) in [6, 6.07) is 5.90. The first kappa shape index (κ1) is 13.8. The van der Waals surface area contributed by atoms with Crippen LogP contribution in [0.1, 0.15) is 31.9 Å². The van der Waals surface area contributed by atoms with Gasteiger partial charge in [-0.3, -0.25) is 0 Å². The van der Waals surface area contributed by atoms with Gasteiger partial charge in [-0.15, -0.1) is 0 Å². The molecule has 2 rings (SSSR count). The van der Waals surface area contributed by atoms with Gasteiger partial charge in [-0.2, -0.15) is 0 Å². The third kappa shape index (κ3) is 2.87. The number of anilines is 1. The number of halogens is 1. The largest absolute Gasteiger partial charge is 0.391 e. The van der Waals surface area contributed by atoms with Crippen LogP contribution in [0.2, 0.25) is 0 Å². The number of benzene rings is 1. The van der Waals surface area contributed by atoms with Gasteiger partial charge < -0.3 is 15.1 Å². The SMILES string of the molecule is CC1CCN(c2ccc([C@@H](C)O)cc2Br)CC1O. The summed E-state index contributed by atoms with van der Waals surface area (Å²) in [6.45, 7) is 5.49. The molecule has 1 aromatic rings. The molecule has 1 aliphatic heterocycles. The van der Waals surface area contributed by atoms with Crippen LogP contribution < -0.4 is 4.90 Å². The minimum atomic E-state index is -0.456. The second-order valence-electron chi connectivity index (χ2n) is 5.17. The van der Waals surface area contributed by atoms with Gasteiger partial charge in [0.1, 0.15) is 0 Å². The summed E-state index contributed by atoms with van der Waals surface area (Å²) < 4.78 is 0.975. The molecule has 0 spiro atoms. The lowest BCUT2D eigenvalue weighted by Gasteiger charge is -2.36. The van der Waals surface area contributed by atoms with Crippen LogP contribution >= 0.6 is 15.9 Å². The Hall–Kier alpha value is -0.580. The number of rotatable bonds is 2. The Morgan fingerprint density at radius 1 is 1.44 bits per heavy atom. The average molecular weight is 314 g/mol. The maximum atomic E-state index is 9.95. The molecule has 1 aromatic carbocycles. The van der Waals surface area contributed by atoms with Crippen molar-refractivity contribution in [2.45, 2.75) is 32.5 Å². The molecule has 2 unspecified atom stereocenters. The summed E-state index contributed by atoms with van der Waals surface area (Å²) >= 11 is 3.55. The van der Waals surface area contributed by atoms with Crippen molar-refractivity contribution in [1.29, 1.82) is 0 Å². The van der Waals surface area contributed by atoms with Gasteiger partial charge in [-0.05, 0) is 52.9 Å². The highest BCUT2D eigenvalue weighted by atomic mass is 79.9. The van der Waals surface area contributed by atoms with Crippen molar-refractivity contribution in [2.75, 3.05) is 18.0 Å². The van der Waals surface area contributed by atoms with Crippen molar-refractivity contribution in [3.63, 3.8) is 0 Å². The molecule has 100 valence electrons. The molecular formula is C14H20BrNO2. The molecule has 4 heteroatoms. The molecule has 0 bridgehead atoms. The molecule has 0 saturated carbocycles. The zero-order chi connectivity index (χ0) is 13.3. The van der Waals surface area contributed by atoms with Crippen LogP contribution in [0.3, 0.4) is 0 Å². The van der Waals surface area contributed by atoms with Gasteiger partial charge in [0.05, 0.1) is 17.9 Å². The van der Waals surface area contributed by atoms with Crippen molar-refractivity contribution >= 4 is 21.6 Å². The van der Waals surface area contributed by atoms with Gasteiger partial charge in [-0.25, -0.2) is 0 Å². The lowest BCUT2D eigenvalue weighted by Crippen LogP contribution is -2.43. The summed E-state index contributed by atoms with van der Waals surface area (Å²) in [4.78, 5) is 2.20. The lowest BCUT2D eigenvalue weighted by atomic mass is 9.95. The summed E-state index contributed by atoms with van der Waals surface area (Å²) in [5, 5.41) is 19.5. The summed E-state index contributed by atoms with van der Waals surface area (Å²) in [5.41, 5.74) is 1.99. The zero-order valence-electron chi connectivity index (χ0n) is 10.8. The summed E-state index contributed by atoms with van der Waals surface area (Å²) in [5.74, 6) is 0.372. The van der Waals surface area contributed by atoms with Crippen LogP contribution in [0.5, 0.6) is 0 Å². The van der Waals surface area contributed by atoms with Crippen LogP contribution in [0.25, 0.3) is 0 Å². The molecule has 0 amide bonds. The minimum Gasteiger partial charge on any atom is -0.391 e. The second-order valence-corrected chi connectivity index (χ2v) is 6.02. The Morgan fingerprint density at radius 3 is 2.72 bits per heavy atom. The van der Waals surface area contributed by atoms with E-state index >= 15 is 0 Å². The van der Waals surface area contributed by atoms with Gasteiger partial charge in [0.25, 0.3) is 0 Å². The molecule has 1 aliphatic rings. The van der Waals surface area contributed by atoms with E-state index < -0.39 is 6.10 Å². The topological polar surface area (TPSA) is 43.7 Å². The maximum Gasteiger partial charge on any atom is 0.0762 e. The first-order valence-electron chi connectivity index (χ1n) is 6.39. The Morgan fingerprint density at radius 2 is 2.17 bits per heavy atom. The quantitative estimate of drug-likeness (QED) is 0.882. The Bertz CT molecular complexity index is 422. The third-order valence-electron chi connectivity index (χ3n) is 3.71. The number of β-amino-alcohol motifs (C(OH)–C–C–N with tert-alkyl or cyclic N) is 1. The zero-order valence-corrected chi connectivity index (χ0v) is 12.4. The first-order valence-corrected chi connectivity index (χ1v) is 7.19. The van der Waals surface area contributed by atoms with Crippen LogP contribution in [0.4, 0.5) is 5.69 Å². The average Bonchev–Trinajstić information content (AvgIpc) is 2.32. The monoisotopic (exact) mass is 313 g/mol. The second kappa shape index (κ2) is 5.59. The minimum absolute atomic E-state index is 0.262. The van der Waals surface area contributed by atoms with E-state index in [1.165, 1.54) is 0 Å². The van der Waals surface area contributed by atoms with Crippen LogP contribution in [0, 0.1) is 5.92 Å². The number of aliphatic hydroxyl groups is 2. The molecule has 1 heterocycles. The number of piperidine rings is 1. The third-order valence-corrected chi connectivity index (χ3v) is 4.35. The molecule has 1 saturated heterocycles. The van der Waals surface area contributed by atoms with Crippen LogP contribution in [0.15, 0.2) is 22.7 Å². The molecule has 18 heavy (non-hydrogen) atoms. The molecule has 3 atom stereocenters. The fourth-order valence-corrected chi connectivity index (χ4v) is 2.95. The molecule has 1 fully saturated rings. The number of aliphatic hydroxyl groups excluding tert-OH is 2. The molecular weight excluding hydrogens is 294 g/mol. The van der Waals surface area contributed by atoms with E-state index in [1.807, 2.05) is 18.2 Å². The maximum absolute atomic E-state index is 9.95. The van der Waals surface area contributed by atoms with Gasteiger partial charge in [-0.1, -0.05) is 13.0 Å². The lowest BCUT2D eigenvalue weighted by molar-refractivity contribution is 0.103. The van der Waals surface area contributed by atoms with Crippen molar-refractivity contribution in [3.05, 3.63) is 28.2 Å². The number of nitrogens with zero attached hydrogens (tertiary/aromatic N) is 1. The summed E-state index contributed by atoms with van der Waals surface area (Å²) in [6.07, 6.45) is 0.288. The predicted molar refractivity (Wildman–Crippen MR) is 76.8 cm³/mol. The van der Waals surface area contributed by atoms with Crippen LogP contribution in [-0.4, -0.2) is 29.4 Å². The highest BCUT2D eigenvalue weighted by molar-refractivity contribution is 9.10. The Labute approximate surface area is 117 Å². The van der Waals surface area contributed by atoms with E-state index in [9.17, 15) is 10.2 Å². The smallest absolute Gasteiger partial charge is 0.0762 e. The molecule has 2 N–H and O–H groups in total. The number of hydrogen-bond donors (Lipinski definition) is 2. The van der Waals surface area contributed by atoms with Gasteiger partial charge in [0.15, 0.2) is 0 Å². The predicted octanol–water partition coefficient (Wildman–Crippen LogP) is 2.71. The molecule has 0 radical (unpaired) electrons. The fraction of sp³-hybridized carbons (Fsp3) is 0.571. The van der Waals surface area contributed by atoms with Crippen molar-refractivity contribution < 1.29 is 10.2 Å². The van der Waals surface area contributed by atoms with Crippen molar-refractivity contribution in [1.82, 2.24) is 0 Å². The first-order chi connectivity index (χ1) is 8.49. The Balaban J connectivity index is 2.19. The van der Waals surface area contributed by atoms with Crippen molar-refractivity contribution in [2.24, 2.45) is 5.92 Å². The Kier molecular flexibility index (Phi) is 4.30. The van der Waals surface area contributed by atoms with Gasteiger partial charge in [0, 0.05) is 17.6 Å². The molecule has 3 nitrogen and oxygen atoms in total.